The molecule has 0 saturated carbocycles. The van der Waals surface area contributed by atoms with Crippen LogP contribution in [0.4, 0.5) is 5.82 Å². The molecular weight excluding hydrogens is 388 g/mol. The predicted molar refractivity (Wildman–Crippen MR) is 120 cm³/mol. The summed E-state index contributed by atoms with van der Waals surface area (Å²) >= 11 is 0. The molecule has 0 radical (unpaired) electrons. The molecule has 7 heteroatoms. The molecule has 0 bridgehead atoms. The van der Waals surface area contributed by atoms with Crippen LogP contribution in [0.1, 0.15) is 11.4 Å². The Kier molecular flexibility index (Phi) is 5.08. The number of aromatic nitrogens is 4. The lowest BCUT2D eigenvalue weighted by Crippen LogP contribution is -2.49. The van der Waals surface area contributed by atoms with Gasteiger partial charge in [0.15, 0.2) is 0 Å². The average Bonchev–Trinajstić information content (AvgIpc) is 3.25. The zero-order chi connectivity index (χ0) is 21.2. The Morgan fingerprint density at radius 2 is 1.71 bits per heavy atom. The fourth-order valence-electron chi connectivity index (χ4n) is 4.17. The third kappa shape index (κ3) is 3.86. The Hall–Kier alpha value is -3.74. The monoisotopic (exact) mass is 412 g/mol. The molecule has 31 heavy (non-hydrogen) atoms. The maximum Gasteiger partial charge on any atom is 0.227 e. The summed E-state index contributed by atoms with van der Waals surface area (Å²) in [7, 11) is 0. The van der Waals surface area contributed by atoms with Gasteiger partial charge in [0, 0.05) is 44.6 Å². The second kappa shape index (κ2) is 8.18. The first-order valence-corrected chi connectivity index (χ1v) is 10.5. The second-order valence-electron chi connectivity index (χ2n) is 7.76. The average molecular weight is 412 g/mol. The molecule has 0 spiro atoms. The molecule has 156 valence electrons. The molecule has 5 rings (SSSR count). The maximum absolute atomic E-state index is 13.0. The van der Waals surface area contributed by atoms with Crippen LogP contribution in [-0.2, 0) is 11.2 Å². The van der Waals surface area contributed by atoms with Crippen molar-refractivity contribution in [3.63, 3.8) is 0 Å². The molecule has 1 aliphatic heterocycles. The van der Waals surface area contributed by atoms with Crippen molar-refractivity contribution in [2.24, 2.45) is 0 Å². The minimum absolute atomic E-state index is 0.174. The quantitative estimate of drug-likeness (QED) is 0.516. The summed E-state index contributed by atoms with van der Waals surface area (Å²) in [6.07, 6.45) is 5.67. The standard InChI is InChI=1S/C24H24N6O/c1-18-25-9-10-30(18)23-16-22(26-17-27-23)28-11-13-29(14-12-28)24(31)15-20-7-4-6-19-5-2-3-8-21(19)20/h2-10,16-17H,11-15H2,1H3. The Bertz CT molecular complexity index is 1220. The van der Waals surface area contributed by atoms with Crippen LogP contribution in [0.2, 0.25) is 0 Å². The Labute approximate surface area is 181 Å². The number of imidazole rings is 1. The summed E-state index contributed by atoms with van der Waals surface area (Å²) < 4.78 is 1.94. The number of carbonyl (C=O) groups is 1. The Morgan fingerprint density at radius 3 is 2.52 bits per heavy atom. The van der Waals surface area contributed by atoms with Crippen LogP contribution in [0.5, 0.6) is 0 Å². The minimum atomic E-state index is 0.174. The molecule has 1 fully saturated rings. The maximum atomic E-state index is 13.0. The zero-order valence-electron chi connectivity index (χ0n) is 17.5. The molecule has 4 aromatic rings. The van der Waals surface area contributed by atoms with Gasteiger partial charge in [-0.25, -0.2) is 15.0 Å². The molecule has 0 N–H and O–H groups in total. The number of rotatable bonds is 4. The van der Waals surface area contributed by atoms with E-state index in [1.165, 1.54) is 5.39 Å². The third-order valence-electron chi connectivity index (χ3n) is 5.89. The van der Waals surface area contributed by atoms with Crippen molar-refractivity contribution in [3.05, 3.63) is 78.6 Å². The first-order chi connectivity index (χ1) is 15.2. The van der Waals surface area contributed by atoms with E-state index in [0.29, 0.717) is 19.5 Å². The van der Waals surface area contributed by atoms with Gasteiger partial charge in [0.1, 0.15) is 23.8 Å². The van der Waals surface area contributed by atoms with E-state index in [-0.39, 0.29) is 5.91 Å². The van der Waals surface area contributed by atoms with Crippen molar-refractivity contribution in [1.29, 1.82) is 0 Å². The Morgan fingerprint density at radius 1 is 0.935 bits per heavy atom. The molecule has 2 aromatic carbocycles. The van der Waals surface area contributed by atoms with Crippen LogP contribution in [0.15, 0.2) is 67.3 Å². The lowest BCUT2D eigenvalue weighted by Gasteiger charge is -2.35. The van der Waals surface area contributed by atoms with E-state index in [4.69, 9.17) is 0 Å². The van der Waals surface area contributed by atoms with Gasteiger partial charge in [-0.2, -0.15) is 0 Å². The molecular formula is C24H24N6O. The van der Waals surface area contributed by atoms with E-state index < -0.39 is 0 Å². The fraction of sp³-hybridized carbons (Fsp3) is 0.250. The van der Waals surface area contributed by atoms with E-state index in [2.05, 4.69) is 44.1 Å². The summed E-state index contributed by atoms with van der Waals surface area (Å²) in [5, 5.41) is 2.32. The van der Waals surface area contributed by atoms with E-state index >= 15 is 0 Å². The van der Waals surface area contributed by atoms with Gasteiger partial charge in [-0.1, -0.05) is 42.5 Å². The summed E-state index contributed by atoms with van der Waals surface area (Å²) in [6, 6.07) is 16.4. The van der Waals surface area contributed by atoms with Gasteiger partial charge in [0.05, 0.1) is 6.42 Å². The van der Waals surface area contributed by atoms with Gasteiger partial charge >= 0.3 is 0 Å². The highest BCUT2D eigenvalue weighted by Crippen LogP contribution is 2.21. The number of benzene rings is 2. The highest BCUT2D eigenvalue weighted by Gasteiger charge is 2.23. The van der Waals surface area contributed by atoms with Gasteiger partial charge < -0.3 is 9.80 Å². The number of hydrogen-bond donors (Lipinski definition) is 0. The molecule has 2 aromatic heterocycles. The highest BCUT2D eigenvalue weighted by atomic mass is 16.2. The van der Waals surface area contributed by atoms with Crippen LogP contribution in [0.25, 0.3) is 16.6 Å². The van der Waals surface area contributed by atoms with E-state index in [1.54, 1.807) is 12.5 Å². The minimum Gasteiger partial charge on any atom is -0.353 e. The van der Waals surface area contributed by atoms with Crippen LogP contribution >= 0.6 is 0 Å². The number of aryl methyl sites for hydroxylation is 1. The van der Waals surface area contributed by atoms with Crippen molar-refractivity contribution < 1.29 is 4.79 Å². The van der Waals surface area contributed by atoms with Crippen LogP contribution in [-0.4, -0.2) is 56.5 Å². The van der Waals surface area contributed by atoms with Crippen molar-refractivity contribution >= 4 is 22.5 Å². The van der Waals surface area contributed by atoms with E-state index in [0.717, 1.165) is 41.5 Å². The van der Waals surface area contributed by atoms with Gasteiger partial charge in [-0.3, -0.25) is 9.36 Å². The summed E-state index contributed by atoms with van der Waals surface area (Å²) in [4.78, 5) is 30.2. The topological polar surface area (TPSA) is 67.2 Å². The van der Waals surface area contributed by atoms with E-state index in [9.17, 15) is 4.79 Å². The fourth-order valence-corrected chi connectivity index (χ4v) is 4.17. The highest BCUT2D eigenvalue weighted by molar-refractivity contribution is 5.90. The van der Waals surface area contributed by atoms with Gasteiger partial charge in [-0.05, 0) is 23.3 Å². The molecule has 1 amide bonds. The molecule has 0 aliphatic carbocycles. The number of fused-ring (bicyclic) bond motifs is 1. The van der Waals surface area contributed by atoms with Crippen LogP contribution in [0, 0.1) is 6.92 Å². The van der Waals surface area contributed by atoms with Crippen LogP contribution < -0.4 is 4.90 Å². The lowest BCUT2D eigenvalue weighted by molar-refractivity contribution is -0.130. The Balaban J connectivity index is 1.25. The van der Waals surface area contributed by atoms with Crippen molar-refractivity contribution in [3.8, 4) is 5.82 Å². The molecule has 7 nitrogen and oxygen atoms in total. The summed E-state index contributed by atoms with van der Waals surface area (Å²) in [5.74, 6) is 2.73. The van der Waals surface area contributed by atoms with Gasteiger partial charge in [0.25, 0.3) is 0 Å². The molecule has 0 atom stereocenters. The van der Waals surface area contributed by atoms with E-state index in [1.807, 2.05) is 46.9 Å². The van der Waals surface area contributed by atoms with Crippen molar-refractivity contribution in [2.75, 3.05) is 31.1 Å². The smallest absolute Gasteiger partial charge is 0.227 e. The summed E-state index contributed by atoms with van der Waals surface area (Å²) in [5.41, 5.74) is 1.08. The SMILES string of the molecule is Cc1nccn1-c1cc(N2CCN(C(=O)Cc3cccc4ccccc34)CC2)ncn1. The molecule has 3 heterocycles. The number of carbonyl (C=O) groups excluding carboxylic acids is 1. The van der Waals surface area contributed by atoms with Gasteiger partial charge in [-0.15, -0.1) is 0 Å². The first-order valence-electron chi connectivity index (χ1n) is 10.5. The lowest BCUT2D eigenvalue weighted by atomic mass is 10.0. The van der Waals surface area contributed by atoms with Crippen LogP contribution in [0.3, 0.4) is 0 Å². The zero-order valence-corrected chi connectivity index (χ0v) is 17.5. The summed E-state index contributed by atoms with van der Waals surface area (Å²) in [6.45, 7) is 4.82. The third-order valence-corrected chi connectivity index (χ3v) is 5.89. The largest absolute Gasteiger partial charge is 0.353 e. The molecule has 0 unspecified atom stereocenters. The number of hydrogen-bond acceptors (Lipinski definition) is 5. The van der Waals surface area contributed by atoms with Gasteiger partial charge in [0.2, 0.25) is 5.91 Å². The van der Waals surface area contributed by atoms with Crippen molar-refractivity contribution in [2.45, 2.75) is 13.3 Å². The molecule has 1 saturated heterocycles. The second-order valence-corrected chi connectivity index (χ2v) is 7.76. The molecule has 1 aliphatic rings. The number of anilines is 1. The number of amides is 1. The first kappa shape index (κ1) is 19.2. The number of nitrogens with zero attached hydrogens (tertiary/aromatic N) is 6. The van der Waals surface area contributed by atoms with Crippen molar-refractivity contribution in [1.82, 2.24) is 24.4 Å². The number of piperazine rings is 1. The normalized spacial score (nSPS) is 14.2. The predicted octanol–water partition coefficient (Wildman–Crippen LogP) is 3.02.